The Bertz CT molecular complexity index is 679. The molecule has 1 saturated heterocycles. The summed E-state index contributed by atoms with van der Waals surface area (Å²) in [6, 6.07) is 2.61. The number of hydrogen-bond donors (Lipinski definition) is 1. The van der Waals surface area contributed by atoms with E-state index in [-0.39, 0.29) is 0 Å². The molecule has 0 aromatic carbocycles. The molecule has 3 heterocycles. The van der Waals surface area contributed by atoms with Crippen molar-refractivity contribution in [3.63, 3.8) is 0 Å². The van der Waals surface area contributed by atoms with Crippen molar-refractivity contribution >= 4 is 27.4 Å². The normalized spacial score (nSPS) is 20.4. The predicted molar refractivity (Wildman–Crippen MR) is 96.3 cm³/mol. The maximum absolute atomic E-state index is 10.0. The second-order valence-corrected chi connectivity index (χ2v) is 8.19. The van der Waals surface area contributed by atoms with Gasteiger partial charge < -0.3 is 10.0 Å². The lowest BCUT2D eigenvalue weighted by molar-refractivity contribution is 0.0307. The molecular formula is C17H26N4OS. The van der Waals surface area contributed by atoms with Crippen molar-refractivity contribution in [3.05, 3.63) is 17.3 Å². The summed E-state index contributed by atoms with van der Waals surface area (Å²) in [4.78, 5) is 16.2. The summed E-state index contributed by atoms with van der Waals surface area (Å²) in [5.74, 6) is 1.06. The average molecular weight is 334 g/mol. The van der Waals surface area contributed by atoms with Gasteiger partial charge in [-0.1, -0.05) is 6.92 Å². The van der Waals surface area contributed by atoms with Crippen LogP contribution < -0.4 is 4.90 Å². The summed E-state index contributed by atoms with van der Waals surface area (Å²) in [6.45, 7) is 11.7. The van der Waals surface area contributed by atoms with Crippen molar-refractivity contribution in [2.45, 2.75) is 45.8 Å². The third kappa shape index (κ3) is 3.65. The van der Waals surface area contributed by atoms with Crippen LogP contribution in [-0.4, -0.2) is 57.8 Å². The Morgan fingerprint density at radius 1 is 1.35 bits per heavy atom. The Kier molecular flexibility index (Phi) is 4.58. The number of hydrogen-bond acceptors (Lipinski definition) is 6. The zero-order valence-electron chi connectivity index (χ0n) is 14.4. The quantitative estimate of drug-likeness (QED) is 0.931. The summed E-state index contributed by atoms with van der Waals surface area (Å²) in [6.07, 6.45) is 2.72. The molecule has 0 amide bonds. The van der Waals surface area contributed by atoms with E-state index in [0.717, 1.165) is 36.7 Å². The topological polar surface area (TPSA) is 52.5 Å². The largest absolute Gasteiger partial charge is 0.389 e. The molecular weight excluding hydrogens is 308 g/mol. The van der Waals surface area contributed by atoms with E-state index >= 15 is 0 Å². The molecule has 2 aromatic rings. The molecule has 1 aliphatic rings. The highest BCUT2D eigenvalue weighted by Crippen LogP contribution is 2.32. The lowest BCUT2D eigenvalue weighted by atomic mass is 10.1. The van der Waals surface area contributed by atoms with Crippen LogP contribution in [0.1, 0.15) is 32.6 Å². The number of nitrogens with zero attached hydrogens (tertiary/aromatic N) is 4. The standard InChI is InChI=1S/C17H26N4OS/c1-5-13-8-14-15(18-11-19-16(14)23-13)21-7-6-20(9-12(21)2)10-17(3,4)22/h8,11-12,22H,5-7,9-10H2,1-4H3. The molecule has 3 rings (SSSR count). The van der Waals surface area contributed by atoms with Crippen LogP contribution in [0.2, 0.25) is 0 Å². The third-order valence-electron chi connectivity index (χ3n) is 4.30. The lowest BCUT2D eigenvalue weighted by Crippen LogP contribution is -2.55. The SMILES string of the molecule is CCc1cc2c(N3CCN(CC(C)(C)O)CC3C)ncnc2s1. The van der Waals surface area contributed by atoms with Crippen LogP contribution in [-0.2, 0) is 6.42 Å². The third-order valence-corrected chi connectivity index (χ3v) is 5.49. The van der Waals surface area contributed by atoms with E-state index in [0.29, 0.717) is 12.6 Å². The molecule has 0 bridgehead atoms. The molecule has 1 aliphatic heterocycles. The minimum absolute atomic E-state index is 0.370. The fraction of sp³-hybridized carbons (Fsp3) is 0.647. The lowest BCUT2D eigenvalue weighted by Gasteiger charge is -2.42. The van der Waals surface area contributed by atoms with Gasteiger partial charge >= 0.3 is 0 Å². The number of aryl methyl sites for hydroxylation is 1. The Morgan fingerprint density at radius 2 is 2.13 bits per heavy atom. The zero-order chi connectivity index (χ0) is 16.6. The molecule has 0 saturated carbocycles. The van der Waals surface area contributed by atoms with E-state index in [2.05, 4.69) is 39.7 Å². The van der Waals surface area contributed by atoms with Crippen LogP contribution in [0.4, 0.5) is 5.82 Å². The predicted octanol–water partition coefficient (Wildman–Crippen LogP) is 2.54. The van der Waals surface area contributed by atoms with Crippen molar-refractivity contribution in [1.82, 2.24) is 14.9 Å². The van der Waals surface area contributed by atoms with E-state index in [1.54, 1.807) is 17.7 Å². The number of aromatic nitrogens is 2. The smallest absolute Gasteiger partial charge is 0.141 e. The number of thiophene rings is 1. The minimum Gasteiger partial charge on any atom is -0.389 e. The van der Waals surface area contributed by atoms with Gasteiger partial charge in [-0.15, -0.1) is 11.3 Å². The van der Waals surface area contributed by atoms with Crippen LogP contribution in [0, 0.1) is 0 Å². The fourth-order valence-electron chi connectivity index (χ4n) is 3.33. The molecule has 126 valence electrons. The first-order chi connectivity index (χ1) is 10.9. The van der Waals surface area contributed by atoms with E-state index in [1.807, 2.05) is 13.8 Å². The maximum Gasteiger partial charge on any atom is 0.141 e. The molecule has 0 spiro atoms. The van der Waals surface area contributed by atoms with E-state index < -0.39 is 5.60 Å². The van der Waals surface area contributed by atoms with Gasteiger partial charge in [-0.3, -0.25) is 4.90 Å². The van der Waals surface area contributed by atoms with Crippen LogP contribution in [0.5, 0.6) is 0 Å². The first-order valence-corrected chi connectivity index (χ1v) is 9.14. The number of anilines is 1. The molecule has 0 aliphatic carbocycles. The summed E-state index contributed by atoms with van der Waals surface area (Å²) in [5, 5.41) is 11.2. The van der Waals surface area contributed by atoms with E-state index in [4.69, 9.17) is 0 Å². The molecule has 1 atom stereocenters. The number of β-amino-alcohol motifs (C(OH)–C–C–N with tert-alkyl or cyclic N) is 1. The molecule has 1 fully saturated rings. The molecule has 23 heavy (non-hydrogen) atoms. The number of aliphatic hydroxyl groups is 1. The van der Waals surface area contributed by atoms with E-state index in [9.17, 15) is 5.11 Å². The highest BCUT2D eigenvalue weighted by molar-refractivity contribution is 7.18. The minimum atomic E-state index is -0.645. The molecule has 1 N–H and O–H groups in total. The van der Waals surface area contributed by atoms with Gasteiger partial charge in [0.1, 0.15) is 17.0 Å². The van der Waals surface area contributed by atoms with Crippen molar-refractivity contribution in [3.8, 4) is 0 Å². The Balaban J connectivity index is 1.82. The van der Waals surface area contributed by atoms with Gasteiger partial charge in [0, 0.05) is 37.1 Å². The van der Waals surface area contributed by atoms with Gasteiger partial charge in [-0.05, 0) is 33.3 Å². The maximum atomic E-state index is 10.0. The monoisotopic (exact) mass is 334 g/mol. The summed E-state index contributed by atoms with van der Waals surface area (Å²) < 4.78 is 0. The van der Waals surface area contributed by atoms with E-state index in [1.165, 1.54) is 10.3 Å². The molecule has 2 aromatic heterocycles. The average Bonchev–Trinajstić information content (AvgIpc) is 2.89. The first-order valence-electron chi connectivity index (χ1n) is 8.32. The summed E-state index contributed by atoms with van der Waals surface area (Å²) in [7, 11) is 0. The van der Waals surface area contributed by atoms with Gasteiger partial charge in [-0.2, -0.15) is 0 Å². The van der Waals surface area contributed by atoms with Crippen LogP contribution in [0.25, 0.3) is 10.2 Å². The molecule has 0 radical (unpaired) electrons. The van der Waals surface area contributed by atoms with Crippen molar-refractivity contribution in [2.75, 3.05) is 31.1 Å². The second kappa shape index (κ2) is 6.34. The summed E-state index contributed by atoms with van der Waals surface area (Å²) in [5.41, 5.74) is -0.645. The molecule has 1 unspecified atom stereocenters. The Labute approximate surface area is 142 Å². The van der Waals surface area contributed by atoms with Gasteiger partial charge in [-0.25, -0.2) is 9.97 Å². The van der Waals surface area contributed by atoms with Crippen LogP contribution in [0.3, 0.4) is 0 Å². The zero-order valence-corrected chi connectivity index (χ0v) is 15.2. The van der Waals surface area contributed by atoms with Gasteiger partial charge in [0.15, 0.2) is 0 Å². The van der Waals surface area contributed by atoms with Crippen molar-refractivity contribution in [1.29, 1.82) is 0 Å². The first kappa shape index (κ1) is 16.6. The fourth-order valence-corrected chi connectivity index (χ4v) is 4.26. The van der Waals surface area contributed by atoms with Gasteiger partial charge in [0.25, 0.3) is 0 Å². The van der Waals surface area contributed by atoms with Crippen molar-refractivity contribution < 1.29 is 5.11 Å². The van der Waals surface area contributed by atoms with Crippen LogP contribution in [0.15, 0.2) is 12.4 Å². The Hall–Kier alpha value is -1.24. The molecule has 6 heteroatoms. The van der Waals surface area contributed by atoms with Crippen LogP contribution >= 0.6 is 11.3 Å². The van der Waals surface area contributed by atoms with Gasteiger partial charge in [0.2, 0.25) is 0 Å². The molecule has 5 nitrogen and oxygen atoms in total. The highest BCUT2D eigenvalue weighted by atomic mass is 32.1. The number of piperazine rings is 1. The second-order valence-electron chi connectivity index (χ2n) is 7.07. The number of fused-ring (bicyclic) bond motifs is 1. The highest BCUT2D eigenvalue weighted by Gasteiger charge is 2.29. The number of rotatable bonds is 4. The van der Waals surface area contributed by atoms with Gasteiger partial charge in [0.05, 0.1) is 11.0 Å². The summed E-state index contributed by atoms with van der Waals surface area (Å²) >= 11 is 1.76. The Morgan fingerprint density at radius 3 is 2.78 bits per heavy atom. The van der Waals surface area contributed by atoms with Crippen molar-refractivity contribution in [2.24, 2.45) is 0 Å².